The van der Waals surface area contributed by atoms with Crippen molar-refractivity contribution in [1.82, 2.24) is 15.3 Å². The largest absolute Gasteiger partial charge is 0.481 e. The van der Waals surface area contributed by atoms with Crippen LogP contribution in [0, 0.1) is 0 Å². The predicted molar refractivity (Wildman–Crippen MR) is 154 cm³/mol. The summed E-state index contributed by atoms with van der Waals surface area (Å²) in [5.41, 5.74) is 11.7. The van der Waals surface area contributed by atoms with Gasteiger partial charge in [0.15, 0.2) is 12.1 Å². The smallest absolute Gasteiger partial charge is 0.326 e. The fourth-order valence-electron chi connectivity index (χ4n) is 4.22. The molecule has 0 spiro atoms. The summed E-state index contributed by atoms with van der Waals surface area (Å²) >= 11 is 0. The maximum absolute atomic E-state index is 12.3. The molecule has 1 aromatic carbocycles. The maximum atomic E-state index is 12.3. The molecule has 1 aromatic heterocycles. The number of carbonyl (C=O) groups excluding carboxylic acids is 1. The van der Waals surface area contributed by atoms with E-state index in [-0.39, 0.29) is 36.0 Å². The molecule has 242 valence electrons. The number of fused-ring (bicyclic) bond motifs is 1. The number of nitrogens with two attached hydrogens (primary N) is 2. The maximum Gasteiger partial charge on any atom is 0.326 e. The van der Waals surface area contributed by atoms with Crippen molar-refractivity contribution in [3.8, 4) is 0 Å². The Hall–Kier alpha value is -4.53. The number of carbonyl (C=O) groups is 3. The number of carboxylic acid groups (broad SMARTS) is 2. The van der Waals surface area contributed by atoms with Gasteiger partial charge in [0.1, 0.15) is 30.0 Å². The van der Waals surface area contributed by atoms with Gasteiger partial charge in [-0.2, -0.15) is 4.98 Å². The monoisotopic (exact) mass is 624 g/mol. The Bertz CT molecular complexity index is 1350. The van der Waals surface area contributed by atoms with Crippen LogP contribution in [0.25, 0.3) is 0 Å². The molecule has 4 rings (SSSR count). The number of nitrogens with one attached hydrogen (secondary N) is 5. The Morgan fingerprint density at radius 3 is 2.41 bits per heavy atom. The molecule has 19 heteroatoms. The third-order valence-corrected chi connectivity index (χ3v) is 6.70. The topological polar surface area (TPSA) is 328 Å². The first-order valence-corrected chi connectivity index (χ1v) is 13.4. The van der Waals surface area contributed by atoms with Crippen LogP contribution in [-0.4, -0.2) is 121 Å². The van der Waals surface area contributed by atoms with Gasteiger partial charge in [-0.05, 0) is 30.7 Å². The van der Waals surface area contributed by atoms with Gasteiger partial charge in [0, 0.05) is 30.8 Å². The highest BCUT2D eigenvalue weighted by Crippen LogP contribution is 2.20. The molecule has 1 unspecified atom stereocenters. The molecule has 15 N–H and O–H groups in total. The molecule has 2 aromatic rings. The number of aromatic amines is 1. The zero-order chi connectivity index (χ0) is 32.6. The first-order chi connectivity index (χ1) is 20.8. The highest BCUT2D eigenvalue weighted by molar-refractivity contribution is 5.97. The zero-order valence-electron chi connectivity index (χ0n) is 23.2. The number of aliphatic hydroxyl groups excluding tert-OH is 4. The molecule has 19 nitrogen and oxygen atoms in total. The molecular weight excluding hydrogens is 588 g/mol. The first kappa shape index (κ1) is 34.0. The molecule has 2 aliphatic heterocycles. The number of nitrogens with zero attached hydrogens (tertiary/aromatic N) is 1. The van der Waals surface area contributed by atoms with E-state index in [1.165, 1.54) is 12.1 Å². The number of nitrogen functional groups attached to an aromatic ring is 1. The van der Waals surface area contributed by atoms with E-state index in [4.69, 9.17) is 36.6 Å². The minimum Gasteiger partial charge on any atom is -0.481 e. The van der Waals surface area contributed by atoms with E-state index in [9.17, 15) is 29.4 Å². The van der Waals surface area contributed by atoms with Crippen LogP contribution in [0.2, 0.25) is 0 Å². The van der Waals surface area contributed by atoms with Gasteiger partial charge in [0.05, 0.1) is 18.7 Å². The third kappa shape index (κ3) is 8.99. The van der Waals surface area contributed by atoms with E-state index < -0.39 is 61.1 Å². The van der Waals surface area contributed by atoms with Crippen LogP contribution in [-0.2, 0) is 14.3 Å². The van der Waals surface area contributed by atoms with Gasteiger partial charge in [-0.3, -0.25) is 19.4 Å². The number of ether oxygens (including phenoxy) is 1. The molecule has 0 aliphatic carbocycles. The molecule has 2 aliphatic rings. The van der Waals surface area contributed by atoms with Gasteiger partial charge < -0.3 is 68.1 Å². The minimum atomic E-state index is -1.35. The number of amides is 1. The number of benzene rings is 1. The number of aliphatic carboxylic acids is 2. The van der Waals surface area contributed by atoms with Gasteiger partial charge in [-0.1, -0.05) is 0 Å². The number of aromatic nitrogens is 2. The highest BCUT2D eigenvalue weighted by atomic mass is 16.6. The van der Waals surface area contributed by atoms with E-state index >= 15 is 0 Å². The molecule has 1 saturated heterocycles. The summed E-state index contributed by atoms with van der Waals surface area (Å²) < 4.78 is 4.70. The summed E-state index contributed by atoms with van der Waals surface area (Å²) in [4.78, 5) is 52.6. The number of hydrogen-bond acceptors (Lipinski definition) is 15. The minimum absolute atomic E-state index is 0.0281. The van der Waals surface area contributed by atoms with Crippen molar-refractivity contribution in [2.45, 2.75) is 55.6 Å². The van der Waals surface area contributed by atoms with Crippen LogP contribution in [0.4, 0.5) is 23.1 Å². The van der Waals surface area contributed by atoms with Crippen molar-refractivity contribution in [2.24, 2.45) is 5.73 Å². The van der Waals surface area contributed by atoms with E-state index in [0.29, 0.717) is 30.3 Å². The van der Waals surface area contributed by atoms with Gasteiger partial charge in [-0.15, -0.1) is 0 Å². The van der Waals surface area contributed by atoms with Crippen molar-refractivity contribution >= 4 is 41.0 Å². The second-order valence-corrected chi connectivity index (χ2v) is 9.96. The second-order valence-electron chi connectivity index (χ2n) is 9.96. The molecule has 0 saturated carbocycles. The van der Waals surface area contributed by atoms with Crippen LogP contribution < -0.4 is 38.3 Å². The summed E-state index contributed by atoms with van der Waals surface area (Å²) in [5.74, 6) is -2.64. The molecular formula is C25H36N8O11. The Labute approximate surface area is 249 Å². The van der Waals surface area contributed by atoms with E-state index in [0.717, 1.165) is 0 Å². The molecule has 1 amide bonds. The van der Waals surface area contributed by atoms with E-state index in [1.807, 2.05) is 0 Å². The fourth-order valence-corrected chi connectivity index (χ4v) is 4.22. The summed E-state index contributed by atoms with van der Waals surface area (Å²) in [7, 11) is 0. The molecule has 3 heterocycles. The van der Waals surface area contributed by atoms with E-state index in [2.05, 4.69) is 31.2 Å². The summed E-state index contributed by atoms with van der Waals surface area (Å²) in [6.07, 6.45) is -5.44. The Balaban J connectivity index is 0.000000369. The predicted octanol–water partition coefficient (Wildman–Crippen LogP) is -3.54. The molecule has 7 atom stereocenters. The average molecular weight is 625 g/mol. The Kier molecular flexibility index (Phi) is 11.8. The Morgan fingerprint density at radius 2 is 1.80 bits per heavy atom. The van der Waals surface area contributed by atoms with Crippen molar-refractivity contribution < 1.29 is 49.8 Å². The summed E-state index contributed by atoms with van der Waals surface area (Å²) in [5, 5.41) is 65.6. The van der Waals surface area contributed by atoms with Gasteiger partial charge >= 0.3 is 11.9 Å². The standard InChI is InChI=1S/C19H23N7O6.C6H13NO5/c20-19-25-15-14(17(30)26-19)23-11(8-22-15)7-21-10-3-1-9(2-4-10)16(29)24-12(18(31)32)5-6-13(27)28;7-3-5(10)4(9)2(1-8)12-6(3)11/h1-4,11-12,21,23H,5-8H2,(H,24,29)(H,27,28)(H,31,32)(H4,20,22,25,26,30);2-6,8-11H,1,7H2/t11-,12+;2-,3-,4-,5-,6?/m11/s1. The molecule has 44 heavy (non-hydrogen) atoms. The van der Waals surface area contributed by atoms with Crippen LogP contribution in [0.1, 0.15) is 23.2 Å². The lowest BCUT2D eigenvalue weighted by atomic mass is 9.98. The van der Waals surface area contributed by atoms with Crippen molar-refractivity contribution in [3.05, 3.63) is 40.2 Å². The highest BCUT2D eigenvalue weighted by Gasteiger charge is 2.41. The number of anilines is 4. The molecule has 1 fully saturated rings. The number of rotatable bonds is 10. The Morgan fingerprint density at radius 1 is 1.11 bits per heavy atom. The van der Waals surface area contributed by atoms with E-state index in [1.54, 1.807) is 12.1 Å². The van der Waals surface area contributed by atoms with Crippen molar-refractivity contribution in [2.75, 3.05) is 41.4 Å². The number of H-pyrrole nitrogens is 1. The quantitative estimate of drug-likeness (QED) is 0.122. The van der Waals surface area contributed by atoms with Gasteiger partial charge in [-0.25, -0.2) is 4.79 Å². The van der Waals surface area contributed by atoms with Crippen LogP contribution in [0.3, 0.4) is 0 Å². The van der Waals surface area contributed by atoms with Gasteiger partial charge in [0.2, 0.25) is 5.95 Å². The normalized spacial score (nSPS) is 24.7. The van der Waals surface area contributed by atoms with Gasteiger partial charge in [0.25, 0.3) is 11.5 Å². The lowest BCUT2D eigenvalue weighted by molar-refractivity contribution is -0.248. The summed E-state index contributed by atoms with van der Waals surface area (Å²) in [6, 6.07) is 3.89. The number of aliphatic hydroxyl groups is 4. The molecule has 0 radical (unpaired) electrons. The lowest BCUT2D eigenvalue weighted by Crippen LogP contribution is -2.61. The van der Waals surface area contributed by atoms with Crippen LogP contribution in [0.15, 0.2) is 29.1 Å². The van der Waals surface area contributed by atoms with Crippen LogP contribution in [0.5, 0.6) is 0 Å². The number of carboxylic acids is 2. The van der Waals surface area contributed by atoms with Crippen molar-refractivity contribution in [3.63, 3.8) is 0 Å². The first-order valence-electron chi connectivity index (χ1n) is 13.4. The SMILES string of the molecule is N[C@H]1C(O)O[C@H](CO)[C@@H](O)[C@@H]1O.Nc1nc2c(c(=O)[nH]1)N[C@H](CNc1ccc(C(=O)N[C@@H](CCC(=O)O)C(=O)O)cc1)CN2. The zero-order valence-corrected chi connectivity index (χ0v) is 23.2. The number of hydrogen-bond donors (Lipinski definition) is 13. The average Bonchev–Trinajstić information content (AvgIpc) is 2.99. The summed E-state index contributed by atoms with van der Waals surface area (Å²) in [6.45, 7) is 0.489. The third-order valence-electron chi connectivity index (χ3n) is 6.70. The second kappa shape index (κ2) is 15.3. The fraction of sp³-hybridized carbons (Fsp3) is 0.480. The van der Waals surface area contributed by atoms with Crippen LogP contribution >= 0.6 is 0 Å². The lowest BCUT2D eigenvalue weighted by Gasteiger charge is -2.38. The molecule has 0 bridgehead atoms. The van der Waals surface area contributed by atoms with Crippen molar-refractivity contribution in [1.29, 1.82) is 0 Å².